The number of hydrogen-bond donors (Lipinski definition) is 2. The molecule has 1 aromatic heterocycles. The topological polar surface area (TPSA) is 135 Å². The molecule has 1 fully saturated rings. The Kier molecular flexibility index (Phi) is 6.08. The summed E-state index contributed by atoms with van der Waals surface area (Å²) in [5.41, 5.74) is 6.17. The second-order valence-corrected chi connectivity index (χ2v) is 8.41. The number of nitrogens with zero attached hydrogens (tertiary/aromatic N) is 4. The van der Waals surface area contributed by atoms with Crippen molar-refractivity contribution in [2.45, 2.75) is 17.9 Å². The van der Waals surface area contributed by atoms with Gasteiger partial charge in [-0.15, -0.1) is 10.2 Å². The molecule has 28 heavy (non-hydrogen) atoms. The van der Waals surface area contributed by atoms with E-state index in [1.165, 1.54) is 12.1 Å². The lowest BCUT2D eigenvalue weighted by Crippen LogP contribution is -2.56. The Bertz CT molecular complexity index is 937. The van der Waals surface area contributed by atoms with Gasteiger partial charge in [-0.2, -0.15) is 4.72 Å². The van der Waals surface area contributed by atoms with Gasteiger partial charge in [-0.1, -0.05) is 6.07 Å². The molecule has 0 unspecified atom stereocenters. The smallest absolute Gasteiger partial charge is 0.247 e. The van der Waals surface area contributed by atoms with Gasteiger partial charge in [0.2, 0.25) is 27.7 Å². The summed E-state index contributed by atoms with van der Waals surface area (Å²) in [4.78, 5) is 16.4. The van der Waals surface area contributed by atoms with Crippen molar-refractivity contribution >= 4 is 15.9 Å². The molecule has 0 aliphatic carbocycles. The van der Waals surface area contributed by atoms with Gasteiger partial charge in [0.05, 0.1) is 4.90 Å². The monoisotopic (exact) mass is 408 g/mol. The molecule has 1 atom stereocenters. The average molecular weight is 408 g/mol. The summed E-state index contributed by atoms with van der Waals surface area (Å²) in [6.07, 6.45) is 0. The Morgan fingerprint density at radius 3 is 2.61 bits per heavy atom. The lowest BCUT2D eigenvalue weighted by Gasteiger charge is -2.34. The molecule has 1 aromatic carbocycles. The predicted octanol–water partition coefficient (Wildman–Crippen LogP) is -0.575. The number of aromatic nitrogens is 2. The first-order valence-corrected chi connectivity index (χ1v) is 10.4. The Hall–Kier alpha value is -2.34. The second-order valence-electron chi connectivity index (χ2n) is 6.69. The summed E-state index contributed by atoms with van der Waals surface area (Å²) in [5.74, 6) is 0.281. The highest BCUT2D eigenvalue weighted by atomic mass is 32.2. The van der Waals surface area contributed by atoms with Crippen LogP contribution < -0.4 is 10.5 Å². The van der Waals surface area contributed by atoms with Crippen molar-refractivity contribution in [3.8, 4) is 11.5 Å². The first-order valence-electron chi connectivity index (χ1n) is 8.90. The van der Waals surface area contributed by atoms with Crippen molar-refractivity contribution in [3.05, 3.63) is 30.2 Å². The molecule has 1 aliphatic rings. The number of rotatable bonds is 6. The zero-order valence-corrected chi connectivity index (χ0v) is 16.6. The minimum absolute atomic E-state index is 0.00881. The maximum absolute atomic E-state index is 12.8. The highest BCUT2D eigenvalue weighted by molar-refractivity contribution is 7.89. The number of carbonyl (C=O) groups excluding carboxylic acids is 1. The van der Waals surface area contributed by atoms with Crippen molar-refractivity contribution in [2.75, 3.05) is 39.8 Å². The molecule has 0 radical (unpaired) electrons. The first-order chi connectivity index (χ1) is 13.3. The number of nitrogens with one attached hydrogen (secondary N) is 1. The van der Waals surface area contributed by atoms with E-state index in [1.54, 1.807) is 24.0 Å². The number of carbonyl (C=O) groups is 1. The van der Waals surface area contributed by atoms with Gasteiger partial charge in [0.25, 0.3) is 0 Å². The quantitative estimate of drug-likeness (QED) is 0.648. The number of likely N-dealkylation sites (N-methyl/N-ethyl adjacent to an activating group) is 1. The van der Waals surface area contributed by atoms with Crippen molar-refractivity contribution in [1.29, 1.82) is 0 Å². The SMILES string of the molecule is Cc1nnc(-c2cccc(S(=O)(=O)N[C@@H](CN)C(=O)N3CCN(C)CC3)c2)o1. The molecular weight excluding hydrogens is 384 g/mol. The summed E-state index contributed by atoms with van der Waals surface area (Å²) in [5, 5.41) is 7.64. The molecule has 1 amide bonds. The third-order valence-electron chi connectivity index (χ3n) is 4.56. The normalized spacial score (nSPS) is 16.9. The van der Waals surface area contributed by atoms with Crippen molar-refractivity contribution < 1.29 is 17.6 Å². The van der Waals surface area contributed by atoms with Crippen LogP contribution in [0.5, 0.6) is 0 Å². The second kappa shape index (κ2) is 8.35. The van der Waals surface area contributed by atoms with Gasteiger partial charge < -0.3 is 20.0 Å². The van der Waals surface area contributed by atoms with Crippen molar-refractivity contribution in [2.24, 2.45) is 5.73 Å². The fourth-order valence-corrected chi connectivity index (χ4v) is 4.16. The number of aryl methyl sites for hydroxylation is 1. The molecule has 2 aromatic rings. The average Bonchev–Trinajstić information content (AvgIpc) is 3.13. The number of amides is 1. The molecule has 0 saturated carbocycles. The van der Waals surface area contributed by atoms with Crippen LogP contribution in [0, 0.1) is 6.92 Å². The van der Waals surface area contributed by atoms with Crippen LogP contribution in [-0.4, -0.2) is 80.1 Å². The van der Waals surface area contributed by atoms with Crippen molar-refractivity contribution in [1.82, 2.24) is 24.7 Å². The van der Waals surface area contributed by atoms with Crippen LogP contribution in [0.3, 0.4) is 0 Å². The Morgan fingerprint density at radius 1 is 1.29 bits per heavy atom. The standard InChI is InChI=1S/C17H24N6O4S/c1-12-19-20-16(27-12)13-4-3-5-14(10-13)28(25,26)21-15(11-18)17(24)23-8-6-22(2)7-9-23/h3-5,10,15,21H,6-9,11,18H2,1-2H3/t15-/m0/s1. The summed E-state index contributed by atoms with van der Waals surface area (Å²) < 4.78 is 33.4. The number of hydrogen-bond acceptors (Lipinski definition) is 8. The van der Waals surface area contributed by atoms with E-state index in [2.05, 4.69) is 19.8 Å². The number of nitrogens with two attached hydrogens (primary N) is 1. The molecule has 11 heteroatoms. The largest absolute Gasteiger partial charge is 0.421 e. The molecular formula is C17H24N6O4S. The van der Waals surface area contributed by atoms with Crippen LogP contribution in [0.2, 0.25) is 0 Å². The van der Waals surface area contributed by atoms with Crippen LogP contribution in [0.1, 0.15) is 5.89 Å². The van der Waals surface area contributed by atoms with E-state index in [0.717, 1.165) is 13.1 Å². The Labute approximate surface area is 163 Å². The van der Waals surface area contributed by atoms with E-state index in [9.17, 15) is 13.2 Å². The fraction of sp³-hybridized carbons (Fsp3) is 0.471. The lowest BCUT2D eigenvalue weighted by atomic mass is 10.2. The molecule has 1 saturated heterocycles. The zero-order chi connectivity index (χ0) is 20.3. The van der Waals surface area contributed by atoms with E-state index in [-0.39, 0.29) is 23.2 Å². The molecule has 2 heterocycles. The number of benzene rings is 1. The minimum atomic E-state index is -3.97. The summed E-state index contributed by atoms with van der Waals surface area (Å²) in [7, 11) is -1.99. The summed E-state index contributed by atoms with van der Waals surface area (Å²) in [6.45, 7) is 4.07. The molecule has 152 valence electrons. The number of sulfonamides is 1. The molecule has 3 N–H and O–H groups in total. The van der Waals surface area contributed by atoms with Gasteiger partial charge >= 0.3 is 0 Å². The van der Waals surface area contributed by atoms with Gasteiger partial charge in [0.1, 0.15) is 6.04 Å². The molecule has 0 spiro atoms. The first kappa shape index (κ1) is 20.4. The molecule has 3 rings (SSSR count). The van der Waals surface area contributed by atoms with Gasteiger partial charge in [0.15, 0.2) is 0 Å². The molecule has 10 nitrogen and oxygen atoms in total. The molecule has 0 bridgehead atoms. The Balaban J connectivity index is 1.77. The van der Waals surface area contributed by atoms with E-state index in [4.69, 9.17) is 10.2 Å². The minimum Gasteiger partial charge on any atom is -0.421 e. The predicted molar refractivity (Wildman–Crippen MR) is 102 cm³/mol. The third kappa shape index (κ3) is 4.55. The van der Waals surface area contributed by atoms with Gasteiger partial charge in [-0.25, -0.2) is 8.42 Å². The highest BCUT2D eigenvalue weighted by Crippen LogP contribution is 2.21. The lowest BCUT2D eigenvalue weighted by molar-refractivity contribution is -0.134. The maximum Gasteiger partial charge on any atom is 0.247 e. The van der Waals surface area contributed by atoms with Crippen LogP contribution in [0.15, 0.2) is 33.6 Å². The van der Waals surface area contributed by atoms with E-state index >= 15 is 0 Å². The zero-order valence-electron chi connectivity index (χ0n) is 15.8. The fourth-order valence-electron chi connectivity index (χ4n) is 2.91. The van der Waals surface area contributed by atoms with Crippen LogP contribution in [-0.2, 0) is 14.8 Å². The van der Waals surface area contributed by atoms with Crippen LogP contribution >= 0.6 is 0 Å². The van der Waals surface area contributed by atoms with Gasteiger partial charge in [0, 0.05) is 45.2 Å². The Morgan fingerprint density at radius 2 is 2.00 bits per heavy atom. The van der Waals surface area contributed by atoms with Crippen molar-refractivity contribution in [3.63, 3.8) is 0 Å². The van der Waals surface area contributed by atoms with E-state index < -0.39 is 16.1 Å². The highest BCUT2D eigenvalue weighted by Gasteiger charge is 2.30. The summed E-state index contributed by atoms with van der Waals surface area (Å²) in [6, 6.07) is 5.07. The van der Waals surface area contributed by atoms with Gasteiger partial charge in [-0.3, -0.25) is 4.79 Å². The summed E-state index contributed by atoms with van der Waals surface area (Å²) >= 11 is 0. The van der Waals surface area contributed by atoms with Crippen LogP contribution in [0.4, 0.5) is 0 Å². The van der Waals surface area contributed by atoms with Gasteiger partial charge in [-0.05, 0) is 25.2 Å². The number of piperazine rings is 1. The maximum atomic E-state index is 12.8. The van der Waals surface area contributed by atoms with Crippen LogP contribution in [0.25, 0.3) is 11.5 Å². The third-order valence-corrected chi connectivity index (χ3v) is 6.03. The molecule has 1 aliphatic heterocycles. The van der Waals surface area contributed by atoms with E-state index in [0.29, 0.717) is 24.5 Å². The van der Waals surface area contributed by atoms with E-state index in [1.807, 2.05) is 7.05 Å².